The summed E-state index contributed by atoms with van der Waals surface area (Å²) in [7, 11) is 0. The van der Waals surface area contributed by atoms with E-state index in [2.05, 4.69) is 26.0 Å². The molecular weight excluding hydrogens is 346 g/mol. The zero-order valence-electron chi connectivity index (χ0n) is 14.1. The van der Waals surface area contributed by atoms with Gasteiger partial charge in [0, 0.05) is 35.6 Å². The minimum atomic E-state index is -0.539. The number of rotatable bonds is 4. The topological polar surface area (TPSA) is 113 Å². The first-order chi connectivity index (χ1) is 13.2. The number of nitrogens with one attached hydrogen (secondary N) is 3. The monoisotopic (exact) mass is 361 g/mol. The maximum Gasteiger partial charge on any atom is 0.326 e. The average Bonchev–Trinajstić information content (AvgIpc) is 3.31. The van der Waals surface area contributed by atoms with Crippen LogP contribution in [0, 0.1) is 0 Å². The summed E-state index contributed by atoms with van der Waals surface area (Å²) in [5.74, 6) is 0.352. The average molecular weight is 361 g/mol. The highest BCUT2D eigenvalue weighted by atomic mass is 16.2. The first-order valence-electron chi connectivity index (χ1n) is 8.57. The smallest absolute Gasteiger partial charge is 0.326 e. The molecule has 1 aliphatic carbocycles. The third-order valence-corrected chi connectivity index (χ3v) is 4.41. The molecule has 3 aromatic heterocycles. The van der Waals surface area contributed by atoms with Crippen LogP contribution in [0.4, 0.5) is 10.6 Å². The number of imide groups is 1. The van der Waals surface area contributed by atoms with Gasteiger partial charge in [-0.05, 0) is 31.1 Å². The first kappa shape index (κ1) is 15.5. The molecule has 1 aliphatic heterocycles. The Bertz CT molecular complexity index is 1100. The van der Waals surface area contributed by atoms with E-state index in [0.29, 0.717) is 17.3 Å². The fraction of sp³-hybridized carbons (Fsp3) is 0.167. The van der Waals surface area contributed by atoms with Crippen LogP contribution in [-0.4, -0.2) is 37.6 Å². The van der Waals surface area contributed by atoms with Gasteiger partial charge >= 0.3 is 6.03 Å². The van der Waals surface area contributed by atoms with Gasteiger partial charge in [-0.2, -0.15) is 9.61 Å². The Hall–Kier alpha value is -3.75. The zero-order valence-corrected chi connectivity index (χ0v) is 14.1. The molecule has 9 heteroatoms. The molecule has 4 heterocycles. The van der Waals surface area contributed by atoms with Crippen molar-refractivity contribution in [2.45, 2.75) is 18.9 Å². The summed E-state index contributed by atoms with van der Waals surface area (Å²) in [6.45, 7) is 0. The van der Waals surface area contributed by atoms with Crippen molar-refractivity contribution in [1.29, 1.82) is 0 Å². The van der Waals surface area contributed by atoms with Crippen molar-refractivity contribution in [2.24, 2.45) is 0 Å². The van der Waals surface area contributed by atoms with Crippen molar-refractivity contribution >= 4 is 29.5 Å². The highest BCUT2D eigenvalue weighted by Crippen LogP contribution is 2.29. The van der Waals surface area contributed by atoms with E-state index in [1.165, 1.54) is 0 Å². The Labute approximate surface area is 153 Å². The Morgan fingerprint density at radius 3 is 2.81 bits per heavy atom. The van der Waals surface area contributed by atoms with Crippen molar-refractivity contribution in [3.8, 4) is 11.3 Å². The Kier molecular flexibility index (Phi) is 3.39. The molecule has 2 fully saturated rings. The lowest BCUT2D eigenvalue weighted by Gasteiger charge is -2.10. The van der Waals surface area contributed by atoms with Gasteiger partial charge in [-0.3, -0.25) is 15.1 Å². The number of carbonyl (C=O) groups excluding carboxylic acids is 2. The SMILES string of the molecule is O=C1NC(=O)C(=Cc2cnn3c(NC4CC4)cc(-c4cccnc4)nc23)N1. The van der Waals surface area contributed by atoms with Gasteiger partial charge in [0.1, 0.15) is 11.5 Å². The lowest BCUT2D eigenvalue weighted by molar-refractivity contribution is -0.115. The highest BCUT2D eigenvalue weighted by molar-refractivity contribution is 6.14. The van der Waals surface area contributed by atoms with Crippen LogP contribution >= 0.6 is 0 Å². The molecule has 0 aromatic carbocycles. The molecule has 0 unspecified atom stereocenters. The van der Waals surface area contributed by atoms with Crippen LogP contribution in [0.2, 0.25) is 0 Å². The lowest BCUT2D eigenvalue weighted by atomic mass is 10.2. The molecule has 3 amide bonds. The summed E-state index contributed by atoms with van der Waals surface area (Å²) in [4.78, 5) is 32.0. The summed E-state index contributed by atoms with van der Waals surface area (Å²) in [6, 6.07) is 5.63. The summed E-state index contributed by atoms with van der Waals surface area (Å²) in [5, 5.41) is 12.5. The van der Waals surface area contributed by atoms with Gasteiger partial charge in [0.2, 0.25) is 0 Å². The van der Waals surface area contributed by atoms with E-state index in [4.69, 9.17) is 4.98 Å². The maximum absolute atomic E-state index is 11.8. The molecule has 0 atom stereocenters. The summed E-state index contributed by atoms with van der Waals surface area (Å²) >= 11 is 0. The van der Waals surface area contributed by atoms with Crippen LogP contribution in [0.1, 0.15) is 18.4 Å². The number of anilines is 1. The molecule has 1 saturated carbocycles. The van der Waals surface area contributed by atoms with Crippen LogP contribution < -0.4 is 16.0 Å². The van der Waals surface area contributed by atoms with Crippen molar-refractivity contribution in [2.75, 3.05) is 5.32 Å². The third kappa shape index (κ3) is 2.88. The second-order valence-electron chi connectivity index (χ2n) is 6.49. The second-order valence-corrected chi connectivity index (χ2v) is 6.49. The van der Waals surface area contributed by atoms with Crippen molar-refractivity contribution in [3.63, 3.8) is 0 Å². The van der Waals surface area contributed by atoms with Gasteiger partial charge in [-0.1, -0.05) is 0 Å². The standard InChI is InChI=1S/C18H15N7O2/c26-17-14(23-18(27)24-17)6-11-9-20-25-15(21-12-3-4-12)7-13(22-16(11)25)10-2-1-5-19-8-10/h1-2,5-9,12,21H,3-4H2,(H2,23,24,26,27). The molecule has 2 aliphatic rings. The number of carbonyl (C=O) groups is 2. The van der Waals surface area contributed by atoms with Gasteiger partial charge in [0.15, 0.2) is 5.65 Å². The molecule has 134 valence electrons. The largest absolute Gasteiger partial charge is 0.367 e. The van der Waals surface area contributed by atoms with E-state index in [-0.39, 0.29) is 5.70 Å². The Morgan fingerprint density at radius 1 is 1.22 bits per heavy atom. The first-order valence-corrected chi connectivity index (χ1v) is 8.57. The molecule has 0 spiro atoms. The quantitative estimate of drug-likeness (QED) is 0.480. The van der Waals surface area contributed by atoms with E-state index in [9.17, 15) is 9.59 Å². The van der Waals surface area contributed by atoms with E-state index >= 15 is 0 Å². The summed E-state index contributed by atoms with van der Waals surface area (Å²) in [5.41, 5.74) is 3.01. The molecule has 27 heavy (non-hydrogen) atoms. The zero-order chi connectivity index (χ0) is 18.4. The summed E-state index contributed by atoms with van der Waals surface area (Å²) < 4.78 is 1.71. The molecule has 1 saturated heterocycles. The van der Waals surface area contributed by atoms with Crippen LogP contribution in [0.5, 0.6) is 0 Å². The fourth-order valence-corrected chi connectivity index (χ4v) is 2.92. The number of nitrogens with zero attached hydrogens (tertiary/aromatic N) is 4. The molecule has 0 radical (unpaired) electrons. The Balaban J connectivity index is 1.66. The van der Waals surface area contributed by atoms with Crippen LogP contribution in [0.25, 0.3) is 23.0 Å². The van der Waals surface area contributed by atoms with Crippen molar-refractivity contribution < 1.29 is 9.59 Å². The van der Waals surface area contributed by atoms with E-state index in [0.717, 1.165) is 29.9 Å². The van der Waals surface area contributed by atoms with Crippen LogP contribution in [-0.2, 0) is 4.79 Å². The minimum Gasteiger partial charge on any atom is -0.367 e. The second kappa shape index (κ2) is 5.90. The predicted molar refractivity (Wildman–Crippen MR) is 97.5 cm³/mol. The normalized spacial score (nSPS) is 18.0. The number of hydrogen-bond donors (Lipinski definition) is 3. The van der Waals surface area contributed by atoms with E-state index in [1.807, 2.05) is 18.2 Å². The number of urea groups is 1. The van der Waals surface area contributed by atoms with Crippen molar-refractivity contribution in [3.05, 3.63) is 48.1 Å². The Morgan fingerprint density at radius 2 is 2.11 bits per heavy atom. The summed E-state index contributed by atoms with van der Waals surface area (Å²) in [6.07, 6.45) is 8.90. The number of hydrogen-bond acceptors (Lipinski definition) is 6. The molecular formula is C18H15N7O2. The maximum atomic E-state index is 11.8. The van der Waals surface area contributed by atoms with E-state index in [1.54, 1.807) is 29.2 Å². The van der Waals surface area contributed by atoms with Crippen LogP contribution in [0.15, 0.2) is 42.5 Å². The number of fused-ring (bicyclic) bond motifs is 1. The van der Waals surface area contributed by atoms with Crippen molar-refractivity contribution in [1.82, 2.24) is 30.2 Å². The minimum absolute atomic E-state index is 0.167. The number of pyridine rings is 1. The lowest BCUT2D eigenvalue weighted by Crippen LogP contribution is -2.22. The van der Waals surface area contributed by atoms with Gasteiger partial charge in [-0.25, -0.2) is 9.78 Å². The van der Waals surface area contributed by atoms with Crippen LogP contribution in [0.3, 0.4) is 0 Å². The molecule has 9 nitrogen and oxygen atoms in total. The number of aromatic nitrogens is 4. The molecule has 5 rings (SSSR count). The predicted octanol–water partition coefficient (Wildman–Crippen LogP) is 1.55. The highest BCUT2D eigenvalue weighted by Gasteiger charge is 2.25. The van der Waals surface area contributed by atoms with E-state index < -0.39 is 11.9 Å². The van der Waals surface area contributed by atoms with Gasteiger partial charge < -0.3 is 10.6 Å². The van der Waals surface area contributed by atoms with Gasteiger partial charge in [-0.15, -0.1) is 0 Å². The number of amides is 3. The molecule has 0 bridgehead atoms. The van der Waals surface area contributed by atoms with Gasteiger partial charge in [0.05, 0.1) is 11.9 Å². The third-order valence-electron chi connectivity index (χ3n) is 4.41. The van der Waals surface area contributed by atoms with Gasteiger partial charge in [0.25, 0.3) is 5.91 Å². The molecule has 3 N–H and O–H groups in total. The fourth-order valence-electron chi connectivity index (χ4n) is 2.92. The molecule has 3 aromatic rings.